The summed E-state index contributed by atoms with van der Waals surface area (Å²) in [5.41, 5.74) is 2.20. The van der Waals surface area contributed by atoms with Crippen LogP contribution in [0.25, 0.3) is 0 Å². The highest BCUT2D eigenvalue weighted by atomic mass is 16.3. The molecule has 5 nitrogen and oxygen atoms in total. The Morgan fingerprint density at radius 2 is 2.19 bits per heavy atom. The second-order valence-corrected chi connectivity index (χ2v) is 5.69. The molecule has 3 rings (SSSR count). The van der Waals surface area contributed by atoms with Gasteiger partial charge in [0.2, 0.25) is 0 Å². The van der Waals surface area contributed by atoms with E-state index in [1.54, 1.807) is 6.92 Å². The predicted octanol–water partition coefficient (Wildman–Crippen LogP) is 1.77. The van der Waals surface area contributed by atoms with Gasteiger partial charge in [0.05, 0.1) is 12.3 Å². The number of nitrogens with zero attached hydrogens (tertiary/aromatic N) is 2. The predicted molar refractivity (Wildman–Crippen MR) is 83.0 cm³/mol. The number of benzene rings is 1. The average Bonchev–Trinajstić information content (AvgIpc) is 2.95. The van der Waals surface area contributed by atoms with Gasteiger partial charge < -0.3 is 15.7 Å². The van der Waals surface area contributed by atoms with E-state index in [9.17, 15) is 5.11 Å². The molecule has 5 heteroatoms. The van der Waals surface area contributed by atoms with Gasteiger partial charge >= 0.3 is 0 Å². The highest BCUT2D eigenvalue weighted by molar-refractivity contribution is 5.35. The quantitative estimate of drug-likeness (QED) is 0.784. The summed E-state index contributed by atoms with van der Waals surface area (Å²) in [6.07, 6.45) is 1.44. The molecule has 1 aromatic carbocycles. The average molecular weight is 286 g/mol. The zero-order valence-electron chi connectivity index (χ0n) is 12.3. The lowest BCUT2D eigenvalue weighted by atomic mass is 10.1. The molecule has 0 amide bonds. The van der Waals surface area contributed by atoms with Crippen LogP contribution in [0.3, 0.4) is 0 Å². The number of aromatic nitrogens is 2. The Morgan fingerprint density at radius 1 is 1.38 bits per heavy atom. The molecule has 2 atom stereocenters. The first kappa shape index (κ1) is 14.1. The van der Waals surface area contributed by atoms with Crippen LogP contribution < -0.4 is 10.6 Å². The van der Waals surface area contributed by atoms with Crippen LogP contribution in [0, 0.1) is 5.92 Å². The number of hydrogen-bond donors (Lipinski definition) is 3. The van der Waals surface area contributed by atoms with E-state index in [2.05, 4.69) is 27.9 Å². The van der Waals surface area contributed by atoms with Crippen molar-refractivity contribution in [1.29, 1.82) is 0 Å². The van der Waals surface area contributed by atoms with Crippen LogP contribution in [0.4, 0.5) is 5.82 Å². The van der Waals surface area contributed by atoms with E-state index in [1.165, 1.54) is 5.56 Å². The van der Waals surface area contributed by atoms with Gasteiger partial charge in [-0.1, -0.05) is 24.3 Å². The zero-order valence-corrected chi connectivity index (χ0v) is 12.3. The Labute approximate surface area is 125 Å². The monoisotopic (exact) mass is 286 g/mol. The van der Waals surface area contributed by atoms with Gasteiger partial charge in [0.1, 0.15) is 5.82 Å². The first-order valence-corrected chi connectivity index (χ1v) is 7.45. The van der Waals surface area contributed by atoms with E-state index in [4.69, 9.17) is 0 Å². The minimum absolute atomic E-state index is 0.399. The van der Waals surface area contributed by atoms with Gasteiger partial charge in [-0.05, 0) is 18.1 Å². The molecule has 0 aliphatic carbocycles. The van der Waals surface area contributed by atoms with Crippen LogP contribution in [-0.4, -0.2) is 28.0 Å². The van der Waals surface area contributed by atoms with E-state index in [-0.39, 0.29) is 0 Å². The number of aliphatic hydroxyl groups excluding tert-OH is 1. The van der Waals surface area contributed by atoms with Gasteiger partial charge in [0.15, 0.2) is 0 Å². The normalized spacial score (nSPS) is 18.9. The van der Waals surface area contributed by atoms with Gasteiger partial charge in [-0.2, -0.15) is 5.10 Å². The van der Waals surface area contributed by atoms with Gasteiger partial charge in [0, 0.05) is 38.2 Å². The molecule has 112 valence electrons. The van der Waals surface area contributed by atoms with Crippen molar-refractivity contribution in [1.82, 2.24) is 15.1 Å². The minimum atomic E-state index is -0.399. The van der Waals surface area contributed by atoms with Crippen molar-refractivity contribution in [2.24, 2.45) is 5.92 Å². The molecule has 21 heavy (non-hydrogen) atoms. The van der Waals surface area contributed by atoms with Crippen LogP contribution in [-0.2, 0) is 13.1 Å². The van der Waals surface area contributed by atoms with Crippen molar-refractivity contribution in [2.75, 3.05) is 18.4 Å². The van der Waals surface area contributed by atoms with Crippen LogP contribution in [0.2, 0.25) is 0 Å². The lowest BCUT2D eigenvalue weighted by Crippen LogP contribution is -2.35. The maximum absolute atomic E-state index is 9.49. The fourth-order valence-electron chi connectivity index (χ4n) is 2.66. The molecule has 2 aromatic rings. The second kappa shape index (κ2) is 6.28. The summed E-state index contributed by atoms with van der Waals surface area (Å²) >= 11 is 0. The van der Waals surface area contributed by atoms with Crippen LogP contribution in [0.15, 0.2) is 36.5 Å². The zero-order chi connectivity index (χ0) is 14.7. The lowest BCUT2D eigenvalue weighted by molar-refractivity contribution is 0.199. The highest BCUT2D eigenvalue weighted by Gasteiger charge is 2.17. The van der Waals surface area contributed by atoms with Gasteiger partial charge in [-0.15, -0.1) is 0 Å². The number of hydrogen-bond acceptors (Lipinski definition) is 4. The first-order chi connectivity index (χ1) is 10.2. The molecule has 0 saturated carbocycles. The van der Waals surface area contributed by atoms with Crippen molar-refractivity contribution in [3.8, 4) is 0 Å². The second-order valence-electron chi connectivity index (χ2n) is 5.69. The lowest BCUT2D eigenvalue weighted by Gasteiger charge is -2.25. The molecule has 2 heterocycles. The molecule has 3 N–H and O–H groups in total. The Kier molecular flexibility index (Phi) is 4.22. The number of fused-ring (bicyclic) bond motifs is 1. The topological polar surface area (TPSA) is 62.1 Å². The number of aliphatic hydroxyl groups is 1. The fourth-order valence-corrected chi connectivity index (χ4v) is 2.66. The Morgan fingerprint density at radius 3 is 2.95 bits per heavy atom. The molecule has 0 saturated heterocycles. The Balaban J connectivity index is 1.46. The van der Waals surface area contributed by atoms with Crippen molar-refractivity contribution >= 4 is 5.82 Å². The van der Waals surface area contributed by atoms with Crippen LogP contribution >= 0.6 is 0 Å². The molecular weight excluding hydrogens is 264 g/mol. The molecule has 1 aromatic heterocycles. The third kappa shape index (κ3) is 3.43. The van der Waals surface area contributed by atoms with E-state index < -0.39 is 6.10 Å². The van der Waals surface area contributed by atoms with E-state index in [0.717, 1.165) is 37.6 Å². The van der Waals surface area contributed by atoms with Crippen molar-refractivity contribution in [3.05, 3.63) is 47.7 Å². The molecule has 1 aliphatic rings. The van der Waals surface area contributed by atoms with Crippen LogP contribution in [0.1, 0.15) is 24.2 Å². The number of nitrogens with one attached hydrogen (secondary N) is 2. The summed E-state index contributed by atoms with van der Waals surface area (Å²) in [6.45, 7) is 5.54. The van der Waals surface area contributed by atoms with Gasteiger partial charge in [-0.25, -0.2) is 4.68 Å². The SMILES string of the molecule is C[C@@H](O)c1ccc(CNC[C@@H]2CNc3ccnn3C2)cc1. The number of rotatable bonds is 5. The van der Waals surface area contributed by atoms with Crippen molar-refractivity contribution in [2.45, 2.75) is 26.1 Å². The standard InChI is InChI=1S/C16H22N4O/c1-12(21)15-4-2-13(3-5-15)8-17-9-14-10-18-16-6-7-19-20(16)11-14/h2-7,12,14,17-18,21H,8-11H2,1H3/t12-,14-/m1/s1. The van der Waals surface area contributed by atoms with E-state index in [1.807, 2.05) is 29.1 Å². The smallest absolute Gasteiger partial charge is 0.124 e. The summed E-state index contributed by atoms with van der Waals surface area (Å²) in [6, 6.07) is 10.1. The summed E-state index contributed by atoms with van der Waals surface area (Å²) < 4.78 is 2.02. The van der Waals surface area contributed by atoms with E-state index in [0.29, 0.717) is 5.92 Å². The summed E-state index contributed by atoms with van der Waals surface area (Å²) in [4.78, 5) is 0. The molecule has 0 unspecified atom stereocenters. The molecule has 0 fully saturated rings. The minimum Gasteiger partial charge on any atom is -0.389 e. The molecule has 1 aliphatic heterocycles. The van der Waals surface area contributed by atoms with Crippen LogP contribution in [0.5, 0.6) is 0 Å². The third-order valence-corrected chi connectivity index (χ3v) is 3.94. The van der Waals surface area contributed by atoms with Crippen molar-refractivity contribution < 1.29 is 5.11 Å². The Hall–Kier alpha value is -1.85. The number of anilines is 1. The molecule has 0 radical (unpaired) electrons. The maximum atomic E-state index is 9.49. The third-order valence-electron chi connectivity index (χ3n) is 3.94. The van der Waals surface area contributed by atoms with Gasteiger partial charge in [-0.3, -0.25) is 0 Å². The van der Waals surface area contributed by atoms with Crippen molar-refractivity contribution in [3.63, 3.8) is 0 Å². The molecule has 0 spiro atoms. The first-order valence-electron chi connectivity index (χ1n) is 7.45. The van der Waals surface area contributed by atoms with Gasteiger partial charge in [0.25, 0.3) is 0 Å². The molecular formula is C16H22N4O. The maximum Gasteiger partial charge on any atom is 0.124 e. The van der Waals surface area contributed by atoms with E-state index >= 15 is 0 Å². The summed E-state index contributed by atoms with van der Waals surface area (Å²) in [5, 5.41) is 20.7. The summed E-state index contributed by atoms with van der Waals surface area (Å²) in [5.74, 6) is 1.66. The Bertz CT molecular complexity index is 576. The highest BCUT2D eigenvalue weighted by Crippen LogP contribution is 2.16. The summed E-state index contributed by atoms with van der Waals surface area (Å²) in [7, 11) is 0. The fraction of sp³-hybridized carbons (Fsp3) is 0.438. The largest absolute Gasteiger partial charge is 0.389 e. The molecule has 0 bridgehead atoms.